The fraction of sp³-hybridized carbons (Fsp3) is 0.375. The molecular formula is C16H20ClN3O3. The predicted molar refractivity (Wildman–Crippen MR) is 90.2 cm³/mol. The number of methoxy groups -OCH3 is 1. The van der Waals surface area contributed by atoms with E-state index < -0.39 is 11.7 Å². The molecule has 6 nitrogen and oxygen atoms in total. The molecule has 0 aliphatic rings. The molecule has 0 aliphatic carbocycles. The third kappa shape index (κ3) is 3.96. The molecule has 0 atom stereocenters. The molecule has 0 aliphatic heterocycles. The Morgan fingerprint density at radius 1 is 1.35 bits per heavy atom. The predicted octanol–water partition coefficient (Wildman–Crippen LogP) is 4.11. The van der Waals surface area contributed by atoms with Crippen LogP contribution in [0.1, 0.15) is 20.8 Å². The average molecular weight is 338 g/mol. The molecule has 0 bridgehead atoms. The smallest absolute Gasteiger partial charge is 0.414 e. The number of amides is 1. The lowest BCUT2D eigenvalue weighted by Crippen LogP contribution is -2.34. The highest BCUT2D eigenvalue weighted by Crippen LogP contribution is 2.36. The van der Waals surface area contributed by atoms with Crippen LogP contribution in [0, 0.1) is 0 Å². The molecule has 1 N–H and O–H groups in total. The van der Waals surface area contributed by atoms with Crippen LogP contribution in [0.4, 0.5) is 10.5 Å². The van der Waals surface area contributed by atoms with Crippen LogP contribution >= 0.6 is 11.6 Å². The summed E-state index contributed by atoms with van der Waals surface area (Å²) < 4.78 is 10.7. The van der Waals surface area contributed by atoms with Crippen molar-refractivity contribution in [1.29, 1.82) is 0 Å². The molecule has 1 heterocycles. The highest BCUT2D eigenvalue weighted by Gasteiger charge is 2.24. The van der Waals surface area contributed by atoms with Crippen LogP contribution in [0.5, 0.6) is 5.75 Å². The first-order valence-corrected chi connectivity index (χ1v) is 7.44. The van der Waals surface area contributed by atoms with E-state index in [1.165, 1.54) is 4.90 Å². The van der Waals surface area contributed by atoms with E-state index in [-0.39, 0.29) is 0 Å². The first-order valence-electron chi connectivity index (χ1n) is 7.07. The van der Waals surface area contributed by atoms with Gasteiger partial charge in [0.2, 0.25) is 0 Å². The van der Waals surface area contributed by atoms with E-state index in [1.54, 1.807) is 38.6 Å². The maximum Gasteiger partial charge on any atom is 0.414 e. The molecule has 0 spiro atoms. The van der Waals surface area contributed by atoms with Crippen molar-refractivity contribution in [3.63, 3.8) is 0 Å². The van der Waals surface area contributed by atoms with Crippen LogP contribution in [0.2, 0.25) is 5.02 Å². The lowest BCUT2D eigenvalue weighted by molar-refractivity contribution is 0.0589. The van der Waals surface area contributed by atoms with Gasteiger partial charge in [-0.15, -0.1) is 0 Å². The monoisotopic (exact) mass is 337 g/mol. The number of nitrogens with zero attached hydrogens (tertiary/aromatic N) is 2. The standard InChI is InChI=1S/C16H20ClN3O3/c1-16(2,3)23-15(21)20(4)12-9-18-19-14(12)11-8-10(17)6-7-13(11)22-5/h6-9H,1-5H3,(H,18,19). The number of anilines is 1. The number of aromatic amines is 1. The summed E-state index contributed by atoms with van der Waals surface area (Å²) in [7, 11) is 3.19. The molecule has 124 valence electrons. The molecule has 0 fully saturated rings. The van der Waals surface area contributed by atoms with Crippen molar-refractivity contribution >= 4 is 23.4 Å². The number of carbonyl (C=O) groups excluding carboxylic acids is 1. The SMILES string of the molecule is COc1ccc(Cl)cc1-c1[nH]ncc1N(C)C(=O)OC(C)(C)C. The van der Waals surface area contributed by atoms with Gasteiger partial charge in [0.1, 0.15) is 11.4 Å². The number of halogens is 1. The lowest BCUT2D eigenvalue weighted by atomic mass is 10.1. The Morgan fingerprint density at radius 2 is 2.04 bits per heavy atom. The number of hydrogen-bond donors (Lipinski definition) is 1. The Kier molecular flexibility index (Phi) is 4.85. The van der Waals surface area contributed by atoms with E-state index in [2.05, 4.69) is 10.2 Å². The normalized spacial score (nSPS) is 11.2. The number of H-pyrrole nitrogens is 1. The summed E-state index contributed by atoms with van der Waals surface area (Å²) in [4.78, 5) is 13.7. The summed E-state index contributed by atoms with van der Waals surface area (Å²) in [6.45, 7) is 5.44. The molecule has 7 heteroatoms. The number of nitrogens with one attached hydrogen (secondary N) is 1. The minimum Gasteiger partial charge on any atom is -0.496 e. The van der Waals surface area contributed by atoms with E-state index in [4.69, 9.17) is 21.1 Å². The second-order valence-corrected chi connectivity index (χ2v) is 6.45. The maximum atomic E-state index is 12.3. The molecule has 23 heavy (non-hydrogen) atoms. The fourth-order valence-corrected chi connectivity index (χ4v) is 2.21. The van der Waals surface area contributed by atoms with E-state index in [1.807, 2.05) is 20.8 Å². The number of ether oxygens (including phenoxy) is 2. The van der Waals surface area contributed by atoms with Crippen molar-refractivity contribution in [2.75, 3.05) is 19.1 Å². The molecule has 0 radical (unpaired) electrons. The van der Waals surface area contributed by atoms with Crippen molar-refractivity contribution < 1.29 is 14.3 Å². The number of aromatic nitrogens is 2. The minimum atomic E-state index is -0.580. The third-order valence-electron chi connectivity index (χ3n) is 3.08. The zero-order chi connectivity index (χ0) is 17.2. The van der Waals surface area contributed by atoms with Crippen molar-refractivity contribution in [2.24, 2.45) is 0 Å². The summed E-state index contributed by atoms with van der Waals surface area (Å²) in [5.74, 6) is 0.623. The van der Waals surface area contributed by atoms with Gasteiger partial charge in [0, 0.05) is 17.6 Å². The molecular weight excluding hydrogens is 318 g/mol. The second kappa shape index (κ2) is 6.50. The first kappa shape index (κ1) is 17.1. The van der Waals surface area contributed by atoms with Gasteiger partial charge in [-0.05, 0) is 39.0 Å². The zero-order valence-electron chi connectivity index (χ0n) is 13.8. The van der Waals surface area contributed by atoms with E-state index in [0.717, 1.165) is 0 Å². The molecule has 0 unspecified atom stereocenters. The van der Waals surface area contributed by atoms with Gasteiger partial charge in [0.05, 0.1) is 24.7 Å². The topological polar surface area (TPSA) is 67.5 Å². The van der Waals surface area contributed by atoms with Gasteiger partial charge in [-0.1, -0.05) is 11.6 Å². The zero-order valence-corrected chi connectivity index (χ0v) is 14.6. The molecule has 0 saturated heterocycles. The maximum absolute atomic E-state index is 12.3. The van der Waals surface area contributed by atoms with Gasteiger partial charge >= 0.3 is 6.09 Å². The highest BCUT2D eigenvalue weighted by atomic mass is 35.5. The van der Waals surface area contributed by atoms with Crippen molar-refractivity contribution in [2.45, 2.75) is 26.4 Å². The van der Waals surface area contributed by atoms with Gasteiger partial charge in [0.25, 0.3) is 0 Å². The Labute approximate surface area is 140 Å². The van der Waals surface area contributed by atoms with E-state index >= 15 is 0 Å². The third-order valence-corrected chi connectivity index (χ3v) is 3.31. The van der Waals surface area contributed by atoms with Gasteiger partial charge in [-0.3, -0.25) is 10.00 Å². The molecule has 2 aromatic rings. The van der Waals surface area contributed by atoms with Crippen molar-refractivity contribution in [3.8, 4) is 17.0 Å². The Hall–Kier alpha value is -2.21. The molecule has 2 rings (SSSR count). The average Bonchev–Trinajstić information content (AvgIpc) is 2.93. The van der Waals surface area contributed by atoms with Crippen molar-refractivity contribution in [1.82, 2.24) is 10.2 Å². The Balaban J connectivity index is 2.40. The molecule has 1 amide bonds. The van der Waals surface area contributed by atoms with Crippen LogP contribution < -0.4 is 9.64 Å². The van der Waals surface area contributed by atoms with E-state index in [9.17, 15) is 4.79 Å². The summed E-state index contributed by atoms with van der Waals surface area (Å²) in [6, 6.07) is 5.24. The van der Waals surface area contributed by atoms with Gasteiger partial charge < -0.3 is 9.47 Å². The first-order chi connectivity index (χ1) is 10.7. The van der Waals surface area contributed by atoms with Crippen LogP contribution in [0.25, 0.3) is 11.3 Å². The Bertz CT molecular complexity index is 707. The van der Waals surface area contributed by atoms with Gasteiger partial charge in [-0.25, -0.2) is 4.79 Å². The van der Waals surface area contributed by atoms with Crippen LogP contribution in [-0.2, 0) is 4.74 Å². The second-order valence-electron chi connectivity index (χ2n) is 6.01. The number of rotatable bonds is 3. The number of hydrogen-bond acceptors (Lipinski definition) is 4. The van der Waals surface area contributed by atoms with Crippen LogP contribution in [0.3, 0.4) is 0 Å². The van der Waals surface area contributed by atoms with Gasteiger partial charge in [-0.2, -0.15) is 5.10 Å². The minimum absolute atomic E-state index is 0.471. The highest BCUT2D eigenvalue weighted by molar-refractivity contribution is 6.31. The molecule has 1 aromatic heterocycles. The molecule has 1 aromatic carbocycles. The van der Waals surface area contributed by atoms with Gasteiger partial charge in [0.15, 0.2) is 0 Å². The fourth-order valence-electron chi connectivity index (χ4n) is 2.04. The molecule has 0 saturated carbocycles. The van der Waals surface area contributed by atoms with Crippen LogP contribution in [-0.4, -0.2) is 36.0 Å². The van der Waals surface area contributed by atoms with E-state index in [0.29, 0.717) is 27.7 Å². The summed E-state index contributed by atoms with van der Waals surface area (Å²) in [5.41, 5.74) is 1.32. The summed E-state index contributed by atoms with van der Waals surface area (Å²) >= 11 is 6.08. The quantitative estimate of drug-likeness (QED) is 0.915. The Morgan fingerprint density at radius 3 is 2.65 bits per heavy atom. The van der Waals surface area contributed by atoms with Crippen molar-refractivity contribution in [3.05, 3.63) is 29.4 Å². The van der Waals surface area contributed by atoms with Crippen LogP contribution in [0.15, 0.2) is 24.4 Å². The largest absolute Gasteiger partial charge is 0.496 e. The number of benzene rings is 1. The number of carbonyl (C=O) groups is 1. The lowest BCUT2D eigenvalue weighted by Gasteiger charge is -2.24. The summed E-state index contributed by atoms with van der Waals surface area (Å²) in [6.07, 6.45) is 1.08. The summed E-state index contributed by atoms with van der Waals surface area (Å²) in [5, 5.41) is 7.47.